The average molecular weight is 358 g/mol. The van der Waals surface area contributed by atoms with Crippen LogP contribution in [0.15, 0.2) is 5.38 Å². The van der Waals surface area contributed by atoms with Crippen LogP contribution in [0.25, 0.3) is 0 Å². The highest BCUT2D eigenvalue weighted by molar-refractivity contribution is 7.09. The fourth-order valence-electron chi connectivity index (χ4n) is 1.87. The molecule has 2 rings (SSSR count). The maximum absolute atomic E-state index is 12.5. The van der Waals surface area contributed by atoms with E-state index in [9.17, 15) is 18.0 Å². The first-order chi connectivity index (χ1) is 9.90. The highest BCUT2D eigenvalue weighted by Crippen LogP contribution is 2.32. The van der Waals surface area contributed by atoms with Crippen molar-refractivity contribution in [3.63, 3.8) is 0 Å². The molecule has 9 heteroatoms. The SMILES string of the molecule is CCC(NC(=O)CNCC1CC1)c1nc(C(F)(F)F)cs1.Cl. The number of amides is 1. The number of halogens is 4. The Hall–Kier alpha value is -0.860. The molecule has 1 saturated carbocycles. The van der Waals surface area contributed by atoms with Gasteiger partial charge in [-0.3, -0.25) is 4.79 Å². The van der Waals surface area contributed by atoms with Gasteiger partial charge in [-0.2, -0.15) is 13.2 Å². The maximum atomic E-state index is 12.5. The summed E-state index contributed by atoms with van der Waals surface area (Å²) in [7, 11) is 0. The summed E-state index contributed by atoms with van der Waals surface area (Å²) in [5.74, 6) is 0.458. The number of carbonyl (C=O) groups excluding carboxylic acids is 1. The Morgan fingerprint density at radius 3 is 2.68 bits per heavy atom. The third-order valence-corrected chi connectivity index (χ3v) is 4.23. The molecule has 1 aliphatic carbocycles. The Bertz CT molecular complexity index is 491. The van der Waals surface area contributed by atoms with Gasteiger partial charge in [-0.1, -0.05) is 6.92 Å². The second-order valence-electron chi connectivity index (χ2n) is 5.17. The Balaban J connectivity index is 0.00000242. The zero-order valence-electron chi connectivity index (χ0n) is 12.1. The van der Waals surface area contributed by atoms with Crippen molar-refractivity contribution in [1.29, 1.82) is 0 Å². The van der Waals surface area contributed by atoms with Crippen molar-refractivity contribution in [1.82, 2.24) is 15.6 Å². The number of aromatic nitrogens is 1. The van der Waals surface area contributed by atoms with Crippen molar-refractivity contribution < 1.29 is 18.0 Å². The van der Waals surface area contributed by atoms with Crippen LogP contribution in [0.3, 0.4) is 0 Å². The summed E-state index contributed by atoms with van der Waals surface area (Å²) in [5, 5.41) is 7.04. The van der Waals surface area contributed by atoms with Crippen molar-refractivity contribution in [2.75, 3.05) is 13.1 Å². The van der Waals surface area contributed by atoms with Gasteiger partial charge >= 0.3 is 6.18 Å². The summed E-state index contributed by atoms with van der Waals surface area (Å²) >= 11 is 0.924. The van der Waals surface area contributed by atoms with Gasteiger partial charge in [0.25, 0.3) is 0 Å². The van der Waals surface area contributed by atoms with Gasteiger partial charge in [0.1, 0.15) is 5.01 Å². The number of hydrogen-bond donors (Lipinski definition) is 2. The summed E-state index contributed by atoms with van der Waals surface area (Å²) in [5.41, 5.74) is -0.901. The number of nitrogens with zero attached hydrogens (tertiary/aromatic N) is 1. The fraction of sp³-hybridized carbons (Fsp3) is 0.692. The van der Waals surface area contributed by atoms with Crippen LogP contribution >= 0.6 is 23.7 Å². The van der Waals surface area contributed by atoms with Gasteiger partial charge in [-0.15, -0.1) is 23.7 Å². The molecule has 1 atom stereocenters. The van der Waals surface area contributed by atoms with Gasteiger partial charge in [0, 0.05) is 5.38 Å². The molecule has 126 valence electrons. The number of thiazole rings is 1. The predicted molar refractivity (Wildman–Crippen MR) is 81.1 cm³/mol. The molecule has 2 N–H and O–H groups in total. The molecular weight excluding hydrogens is 339 g/mol. The lowest BCUT2D eigenvalue weighted by Crippen LogP contribution is -2.36. The number of carbonyl (C=O) groups is 1. The van der Waals surface area contributed by atoms with Gasteiger partial charge in [-0.05, 0) is 31.7 Å². The zero-order valence-corrected chi connectivity index (χ0v) is 13.7. The van der Waals surface area contributed by atoms with Crippen LogP contribution < -0.4 is 10.6 Å². The lowest BCUT2D eigenvalue weighted by atomic mass is 10.2. The quantitative estimate of drug-likeness (QED) is 0.788. The molecule has 4 nitrogen and oxygen atoms in total. The molecule has 0 spiro atoms. The lowest BCUT2D eigenvalue weighted by molar-refractivity contribution is -0.140. The van der Waals surface area contributed by atoms with E-state index in [0.29, 0.717) is 17.3 Å². The van der Waals surface area contributed by atoms with Crippen LogP contribution in [0.5, 0.6) is 0 Å². The summed E-state index contributed by atoms with van der Waals surface area (Å²) in [6.45, 7) is 2.81. The van der Waals surface area contributed by atoms with Crippen molar-refractivity contribution in [2.24, 2.45) is 5.92 Å². The molecule has 1 fully saturated rings. The number of alkyl halides is 3. The van der Waals surface area contributed by atoms with E-state index in [1.807, 2.05) is 0 Å². The van der Waals surface area contributed by atoms with E-state index < -0.39 is 17.9 Å². The molecule has 0 saturated heterocycles. The molecule has 1 heterocycles. The number of rotatable bonds is 7. The second-order valence-corrected chi connectivity index (χ2v) is 6.06. The summed E-state index contributed by atoms with van der Waals surface area (Å²) < 4.78 is 37.6. The fourth-order valence-corrected chi connectivity index (χ4v) is 2.83. The third kappa shape index (κ3) is 5.73. The van der Waals surface area contributed by atoms with E-state index in [1.54, 1.807) is 6.92 Å². The van der Waals surface area contributed by atoms with Gasteiger partial charge in [0.05, 0.1) is 12.6 Å². The van der Waals surface area contributed by atoms with E-state index >= 15 is 0 Å². The molecule has 22 heavy (non-hydrogen) atoms. The first-order valence-corrected chi connectivity index (χ1v) is 7.80. The van der Waals surface area contributed by atoms with Crippen molar-refractivity contribution in [3.05, 3.63) is 16.1 Å². The first-order valence-electron chi connectivity index (χ1n) is 6.92. The molecule has 0 radical (unpaired) electrons. The maximum Gasteiger partial charge on any atom is 0.434 e. The Morgan fingerprint density at radius 1 is 1.50 bits per heavy atom. The Morgan fingerprint density at radius 2 is 2.18 bits per heavy atom. The topological polar surface area (TPSA) is 54.0 Å². The monoisotopic (exact) mass is 357 g/mol. The first kappa shape index (κ1) is 19.2. The molecule has 1 amide bonds. The Labute approximate surface area is 137 Å². The van der Waals surface area contributed by atoms with E-state index in [-0.39, 0.29) is 24.9 Å². The van der Waals surface area contributed by atoms with Gasteiger partial charge in [-0.25, -0.2) is 4.98 Å². The average Bonchev–Trinajstić information content (AvgIpc) is 3.08. The normalized spacial score (nSPS) is 16.0. The standard InChI is InChI=1S/C13H18F3N3OS.ClH/c1-2-9(12-19-10(7-21-12)13(14,15)16)18-11(20)6-17-5-8-3-4-8;/h7-9,17H,2-6H2,1H3,(H,18,20);1H. The molecule has 1 aliphatic rings. The van der Waals surface area contributed by atoms with Gasteiger partial charge in [0.2, 0.25) is 5.91 Å². The van der Waals surface area contributed by atoms with Crippen molar-refractivity contribution in [2.45, 2.75) is 38.4 Å². The van der Waals surface area contributed by atoms with Gasteiger partial charge in [0.15, 0.2) is 5.69 Å². The van der Waals surface area contributed by atoms with E-state index in [2.05, 4.69) is 15.6 Å². The molecule has 1 aromatic rings. The number of hydrogen-bond acceptors (Lipinski definition) is 4. The molecule has 0 aliphatic heterocycles. The van der Waals surface area contributed by atoms with Crippen molar-refractivity contribution >= 4 is 29.7 Å². The summed E-state index contributed by atoms with van der Waals surface area (Å²) in [6, 6.07) is -0.471. The van der Waals surface area contributed by atoms with E-state index in [4.69, 9.17) is 0 Å². The largest absolute Gasteiger partial charge is 0.434 e. The minimum Gasteiger partial charge on any atom is -0.346 e. The Kier molecular flexibility index (Phi) is 7.08. The van der Waals surface area contributed by atoms with Crippen LogP contribution in [0.2, 0.25) is 0 Å². The highest BCUT2D eigenvalue weighted by Gasteiger charge is 2.34. The number of nitrogens with one attached hydrogen (secondary N) is 2. The van der Waals surface area contributed by atoms with Gasteiger partial charge < -0.3 is 10.6 Å². The molecule has 1 aromatic heterocycles. The molecule has 0 aromatic carbocycles. The highest BCUT2D eigenvalue weighted by atomic mass is 35.5. The molecular formula is C13H19ClF3N3OS. The summed E-state index contributed by atoms with van der Waals surface area (Å²) in [6.07, 6.45) is -1.54. The lowest BCUT2D eigenvalue weighted by Gasteiger charge is -2.14. The van der Waals surface area contributed by atoms with Crippen LogP contribution in [0, 0.1) is 5.92 Å². The van der Waals surface area contributed by atoms with E-state index in [1.165, 1.54) is 12.8 Å². The molecule has 1 unspecified atom stereocenters. The molecule has 0 bridgehead atoms. The second kappa shape index (κ2) is 8.12. The van der Waals surface area contributed by atoms with Crippen LogP contribution in [0.1, 0.15) is 42.9 Å². The van der Waals surface area contributed by atoms with Crippen LogP contribution in [0.4, 0.5) is 13.2 Å². The van der Waals surface area contributed by atoms with Crippen LogP contribution in [-0.4, -0.2) is 24.0 Å². The third-order valence-electron chi connectivity index (χ3n) is 3.27. The zero-order chi connectivity index (χ0) is 15.5. The van der Waals surface area contributed by atoms with Crippen LogP contribution in [-0.2, 0) is 11.0 Å². The summed E-state index contributed by atoms with van der Waals surface area (Å²) in [4.78, 5) is 15.4. The smallest absolute Gasteiger partial charge is 0.346 e. The van der Waals surface area contributed by atoms with E-state index in [0.717, 1.165) is 23.3 Å². The minimum absolute atomic E-state index is 0. The predicted octanol–water partition coefficient (Wildman–Crippen LogP) is 3.15. The van der Waals surface area contributed by atoms with Crippen molar-refractivity contribution in [3.8, 4) is 0 Å². The minimum atomic E-state index is -4.44.